The van der Waals surface area contributed by atoms with Gasteiger partial charge in [0, 0.05) is 13.1 Å². The van der Waals surface area contributed by atoms with E-state index >= 15 is 0 Å². The summed E-state index contributed by atoms with van der Waals surface area (Å²) in [6.45, 7) is 1.65. The minimum atomic E-state index is -1.82. The van der Waals surface area contributed by atoms with E-state index in [-0.39, 0.29) is 6.03 Å². The molecule has 0 saturated carbocycles. The summed E-state index contributed by atoms with van der Waals surface area (Å²) in [5.74, 6) is -3.65. The van der Waals surface area contributed by atoms with Crippen LogP contribution in [0.1, 0.15) is 6.42 Å². The standard InChI is InChI=1S/C4H8N2O.C2H2O4/c7-4-5-2-1-3-6-4;3-1(4)2(5)6/h1-3H2,(H2,5,6,7);(H,3,4)(H,5,6). The summed E-state index contributed by atoms with van der Waals surface area (Å²) in [5.41, 5.74) is 0. The molecule has 0 spiro atoms. The highest BCUT2D eigenvalue weighted by Crippen LogP contribution is 1.79. The van der Waals surface area contributed by atoms with Gasteiger partial charge in [-0.1, -0.05) is 0 Å². The predicted molar refractivity (Wildman–Crippen MR) is 41.3 cm³/mol. The number of urea groups is 1. The Morgan fingerprint density at radius 3 is 1.62 bits per heavy atom. The predicted octanol–water partition coefficient (Wildman–Crippen LogP) is -1.16. The summed E-state index contributed by atoms with van der Waals surface area (Å²) in [7, 11) is 0. The Bertz CT molecular complexity index is 195. The van der Waals surface area contributed by atoms with Gasteiger partial charge >= 0.3 is 18.0 Å². The molecule has 0 aromatic heterocycles. The summed E-state index contributed by atoms with van der Waals surface area (Å²) < 4.78 is 0. The van der Waals surface area contributed by atoms with Crippen molar-refractivity contribution in [2.75, 3.05) is 13.1 Å². The van der Waals surface area contributed by atoms with Crippen LogP contribution in [0.5, 0.6) is 0 Å². The van der Waals surface area contributed by atoms with Gasteiger partial charge in [0.05, 0.1) is 0 Å². The smallest absolute Gasteiger partial charge is 0.414 e. The molecule has 0 aromatic rings. The third kappa shape index (κ3) is 6.60. The number of rotatable bonds is 0. The lowest BCUT2D eigenvalue weighted by molar-refractivity contribution is -0.159. The van der Waals surface area contributed by atoms with Crippen molar-refractivity contribution in [1.29, 1.82) is 0 Å². The van der Waals surface area contributed by atoms with Crippen LogP contribution in [-0.2, 0) is 9.59 Å². The van der Waals surface area contributed by atoms with E-state index in [1.807, 2.05) is 0 Å². The van der Waals surface area contributed by atoms with Gasteiger partial charge in [-0.15, -0.1) is 0 Å². The molecule has 1 saturated heterocycles. The zero-order chi connectivity index (χ0) is 10.3. The summed E-state index contributed by atoms with van der Waals surface area (Å²) >= 11 is 0. The van der Waals surface area contributed by atoms with Gasteiger partial charge in [0.25, 0.3) is 0 Å². The number of carbonyl (C=O) groups excluding carboxylic acids is 1. The number of amides is 2. The number of hydrogen-bond donors (Lipinski definition) is 4. The molecule has 1 aliphatic heterocycles. The van der Waals surface area contributed by atoms with Gasteiger partial charge in [-0.05, 0) is 6.42 Å². The number of carbonyl (C=O) groups is 3. The highest BCUT2D eigenvalue weighted by molar-refractivity contribution is 6.27. The molecule has 1 aliphatic rings. The van der Waals surface area contributed by atoms with Crippen LogP contribution in [0.4, 0.5) is 4.79 Å². The Morgan fingerprint density at radius 2 is 1.46 bits per heavy atom. The van der Waals surface area contributed by atoms with Gasteiger partial charge in [0.2, 0.25) is 0 Å². The largest absolute Gasteiger partial charge is 0.473 e. The van der Waals surface area contributed by atoms with Crippen LogP contribution in [-0.4, -0.2) is 41.3 Å². The summed E-state index contributed by atoms with van der Waals surface area (Å²) in [6, 6.07) is -0.0359. The maximum absolute atomic E-state index is 10.2. The van der Waals surface area contributed by atoms with Gasteiger partial charge < -0.3 is 20.8 Å². The molecule has 0 radical (unpaired) electrons. The zero-order valence-electron chi connectivity index (χ0n) is 6.74. The topological polar surface area (TPSA) is 116 Å². The Balaban J connectivity index is 0.000000226. The van der Waals surface area contributed by atoms with Crippen molar-refractivity contribution in [3.8, 4) is 0 Å². The van der Waals surface area contributed by atoms with E-state index in [1.54, 1.807) is 0 Å². The van der Waals surface area contributed by atoms with Gasteiger partial charge in [-0.3, -0.25) is 0 Å². The second kappa shape index (κ2) is 5.81. The van der Waals surface area contributed by atoms with Gasteiger partial charge in [0.1, 0.15) is 0 Å². The van der Waals surface area contributed by atoms with Crippen LogP contribution < -0.4 is 10.6 Å². The first kappa shape index (κ1) is 11.2. The normalized spacial score (nSPS) is 14.3. The lowest BCUT2D eigenvalue weighted by atomic mass is 10.4. The van der Waals surface area contributed by atoms with Crippen molar-refractivity contribution in [3.63, 3.8) is 0 Å². The molecule has 0 unspecified atom stereocenters. The van der Waals surface area contributed by atoms with Crippen LogP contribution in [0.3, 0.4) is 0 Å². The van der Waals surface area contributed by atoms with E-state index in [9.17, 15) is 4.79 Å². The average Bonchev–Trinajstić information content (AvgIpc) is 2.06. The van der Waals surface area contributed by atoms with Crippen molar-refractivity contribution >= 4 is 18.0 Å². The highest BCUT2D eigenvalue weighted by atomic mass is 16.4. The number of carboxylic acids is 2. The second-order valence-corrected chi connectivity index (χ2v) is 2.15. The maximum atomic E-state index is 10.2. The van der Waals surface area contributed by atoms with Gasteiger partial charge in [0.15, 0.2) is 0 Å². The molecule has 0 atom stereocenters. The molecule has 2 amide bonds. The minimum Gasteiger partial charge on any atom is -0.473 e. The summed E-state index contributed by atoms with van der Waals surface area (Å²) in [4.78, 5) is 28.4. The van der Waals surface area contributed by atoms with E-state index < -0.39 is 11.9 Å². The van der Waals surface area contributed by atoms with E-state index in [4.69, 9.17) is 19.8 Å². The van der Waals surface area contributed by atoms with Crippen LogP contribution in [0.25, 0.3) is 0 Å². The van der Waals surface area contributed by atoms with Crippen LogP contribution >= 0.6 is 0 Å². The Kier molecular flexibility index (Phi) is 5.01. The molecule has 7 nitrogen and oxygen atoms in total. The minimum absolute atomic E-state index is 0.0359. The molecule has 4 N–H and O–H groups in total. The number of nitrogens with one attached hydrogen (secondary N) is 2. The van der Waals surface area contributed by atoms with Crippen molar-refractivity contribution in [2.24, 2.45) is 0 Å². The lowest BCUT2D eigenvalue weighted by Gasteiger charge is -2.11. The third-order valence-corrected chi connectivity index (χ3v) is 1.11. The summed E-state index contributed by atoms with van der Waals surface area (Å²) in [6.07, 6.45) is 1.05. The molecule has 74 valence electrons. The Labute approximate surface area is 73.7 Å². The fraction of sp³-hybridized carbons (Fsp3) is 0.500. The zero-order valence-corrected chi connectivity index (χ0v) is 6.74. The molecular weight excluding hydrogens is 180 g/mol. The number of carboxylic acid groups (broad SMARTS) is 2. The molecule has 0 aliphatic carbocycles. The third-order valence-electron chi connectivity index (χ3n) is 1.11. The molecule has 1 rings (SSSR count). The average molecular weight is 190 g/mol. The van der Waals surface area contributed by atoms with Crippen LogP contribution in [0.15, 0.2) is 0 Å². The van der Waals surface area contributed by atoms with Gasteiger partial charge in [-0.25, -0.2) is 14.4 Å². The second-order valence-electron chi connectivity index (χ2n) is 2.15. The number of aliphatic carboxylic acids is 2. The van der Waals surface area contributed by atoms with E-state index in [2.05, 4.69) is 10.6 Å². The molecule has 7 heteroatoms. The van der Waals surface area contributed by atoms with Crippen molar-refractivity contribution in [2.45, 2.75) is 6.42 Å². The number of hydrogen-bond acceptors (Lipinski definition) is 3. The molecule has 1 heterocycles. The molecular formula is C6H10N2O5. The van der Waals surface area contributed by atoms with Crippen LogP contribution in [0.2, 0.25) is 0 Å². The first-order chi connectivity index (χ1) is 6.04. The van der Waals surface area contributed by atoms with E-state index in [1.165, 1.54) is 0 Å². The van der Waals surface area contributed by atoms with Crippen molar-refractivity contribution < 1.29 is 24.6 Å². The monoisotopic (exact) mass is 190 g/mol. The quantitative estimate of drug-likeness (QED) is 0.360. The van der Waals surface area contributed by atoms with E-state index in [0.717, 1.165) is 19.5 Å². The lowest BCUT2D eigenvalue weighted by Crippen LogP contribution is -2.42. The van der Waals surface area contributed by atoms with Crippen molar-refractivity contribution in [1.82, 2.24) is 10.6 Å². The fourth-order valence-electron chi connectivity index (χ4n) is 0.555. The molecule has 1 fully saturated rings. The van der Waals surface area contributed by atoms with Crippen molar-refractivity contribution in [3.05, 3.63) is 0 Å². The summed E-state index contributed by atoms with van der Waals surface area (Å²) in [5, 5.41) is 20.0. The first-order valence-corrected chi connectivity index (χ1v) is 3.52. The SMILES string of the molecule is O=C(O)C(=O)O.O=C1NCCCN1. The Hall–Kier alpha value is -1.79. The molecule has 13 heavy (non-hydrogen) atoms. The fourth-order valence-corrected chi connectivity index (χ4v) is 0.555. The van der Waals surface area contributed by atoms with E-state index in [0.29, 0.717) is 0 Å². The maximum Gasteiger partial charge on any atom is 0.414 e. The molecule has 0 bridgehead atoms. The first-order valence-electron chi connectivity index (χ1n) is 3.52. The van der Waals surface area contributed by atoms with Crippen LogP contribution in [0, 0.1) is 0 Å². The molecule has 0 aromatic carbocycles. The Morgan fingerprint density at radius 1 is 1.08 bits per heavy atom. The highest BCUT2D eigenvalue weighted by Gasteiger charge is 2.04. The van der Waals surface area contributed by atoms with Gasteiger partial charge in [-0.2, -0.15) is 0 Å².